The van der Waals surface area contributed by atoms with Crippen LogP contribution in [0.15, 0.2) is 15.9 Å². The summed E-state index contributed by atoms with van der Waals surface area (Å²) in [5.41, 5.74) is -0.244. The average molecular weight is 274 g/mol. The second-order valence-electron chi connectivity index (χ2n) is 2.99. The first-order valence-electron chi connectivity index (χ1n) is 4.73. The zero-order valence-electron chi connectivity index (χ0n) is 8.77. The van der Waals surface area contributed by atoms with Gasteiger partial charge in [0.25, 0.3) is 0 Å². The fourth-order valence-corrected chi connectivity index (χ4v) is 2.27. The molecule has 2 rings (SSSR count). The number of carboxylic acid groups (broad SMARTS) is 1. The fraction of sp³-hybridized carbons (Fsp3) is 0.200. The Kier molecular flexibility index (Phi) is 3.35. The van der Waals surface area contributed by atoms with Crippen molar-refractivity contribution in [1.29, 1.82) is 0 Å². The third-order valence-electron chi connectivity index (χ3n) is 1.89. The van der Waals surface area contributed by atoms with Gasteiger partial charge in [0.2, 0.25) is 11.6 Å². The molecule has 0 saturated heterocycles. The van der Waals surface area contributed by atoms with Crippen molar-refractivity contribution < 1.29 is 19.1 Å². The van der Waals surface area contributed by atoms with Gasteiger partial charge in [-0.25, -0.2) is 4.79 Å². The van der Waals surface area contributed by atoms with Crippen LogP contribution >= 0.6 is 22.9 Å². The van der Waals surface area contributed by atoms with E-state index in [0.29, 0.717) is 16.5 Å². The van der Waals surface area contributed by atoms with E-state index in [1.165, 1.54) is 11.3 Å². The standard InChI is InChI=1S/C10H8ClNO4S/c1-2-15-10-6(9(13)14)12-8(16-10)7-5(11)3-4-17-7/h3-4H,2H2,1H3,(H,13,14). The first-order valence-corrected chi connectivity index (χ1v) is 5.99. The summed E-state index contributed by atoms with van der Waals surface area (Å²) in [7, 11) is 0. The molecule has 0 unspecified atom stereocenters. The summed E-state index contributed by atoms with van der Waals surface area (Å²) >= 11 is 7.23. The first-order chi connectivity index (χ1) is 8.13. The lowest BCUT2D eigenvalue weighted by atomic mass is 10.4. The molecule has 2 aromatic rings. The Balaban J connectivity index is 2.47. The molecule has 2 aromatic heterocycles. The highest BCUT2D eigenvalue weighted by atomic mass is 35.5. The molecule has 7 heteroatoms. The van der Waals surface area contributed by atoms with Gasteiger partial charge in [-0.1, -0.05) is 11.6 Å². The first kappa shape index (κ1) is 11.9. The summed E-state index contributed by atoms with van der Waals surface area (Å²) in [4.78, 5) is 15.4. The van der Waals surface area contributed by atoms with E-state index in [9.17, 15) is 4.79 Å². The van der Waals surface area contributed by atoms with Gasteiger partial charge in [0.15, 0.2) is 0 Å². The summed E-state index contributed by atoms with van der Waals surface area (Å²) in [5.74, 6) is -1.14. The molecular formula is C10H8ClNO4S. The van der Waals surface area contributed by atoms with E-state index < -0.39 is 5.97 Å². The maximum absolute atomic E-state index is 10.9. The molecular weight excluding hydrogens is 266 g/mol. The van der Waals surface area contributed by atoms with Crippen LogP contribution < -0.4 is 4.74 Å². The lowest BCUT2D eigenvalue weighted by molar-refractivity contribution is 0.0683. The van der Waals surface area contributed by atoms with Crippen LogP contribution in [0.2, 0.25) is 5.02 Å². The van der Waals surface area contributed by atoms with E-state index in [-0.39, 0.29) is 17.5 Å². The smallest absolute Gasteiger partial charge is 0.362 e. The summed E-state index contributed by atoms with van der Waals surface area (Å²) < 4.78 is 10.3. The van der Waals surface area contributed by atoms with Gasteiger partial charge >= 0.3 is 11.9 Å². The number of thiophene rings is 1. The minimum atomic E-state index is -1.20. The van der Waals surface area contributed by atoms with Crippen LogP contribution in [-0.2, 0) is 0 Å². The van der Waals surface area contributed by atoms with Crippen LogP contribution in [0.5, 0.6) is 5.95 Å². The largest absolute Gasteiger partial charge is 0.476 e. The van der Waals surface area contributed by atoms with Crippen LogP contribution in [0, 0.1) is 0 Å². The van der Waals surface area contributed by atoms with Gasteiger partial charge in [-0.05, 0) is 18.4 Å². The van der Waals surface area contributed by atoms with E-state index in [2.05, 4.69) is 4.98 Å². The second-order valence-corrected chi connectivity index (χ2v) is 4.31. The number of hydrogen-bond acceptors (Lipinski definition) is 5. The Morgan fingerprint density at radius 2 is 2.47 bits per heavy atom. The molecule has 0 atom stereocenters. The molecule has 1 N–H and O–H groups in total. The molecule has 0 aliphatic carbocycles. The minimum Gasteiger partial charge on any atom is -0.476 e. The van der Waals surface area contributed by atoms with Crippen molar-refractivity contribution >= 4 is 28.9 Å². The molecule has 2 heterocycles. The topological polar surface area (TPSA) is 72.6 Å². The molecule has 90 valence electrons. The van der Waals surface area contributed by atoms with Crippen molar-refractivity contribution in [3.63, 3.8) is 0 Å². The maximum atomic E-state index is 10.9. The minimum absolute atomic E-state index is 0.0977. The second kappa shape index (κ2) is 4.77. The number of halogens is 1. The van der Waals surface area contributed by atoms with E-state index in [0.717, 1.165) is 0 Å². The zero-order chi connectivity index (χ0) is 12.4. The van der Waals surface area contributed by atoms with E-state index >= 15 is 0 Å². The Labute approximate surface area is 106 Å². The molecule has 0 fully saturated rings. The Bertz CT molecular complexity index is 548. The highest BCUT2D eigenvalue weighted by Crippen LogP contribution is 2.35. The molecule has 5 nitrogen and oxygen atoms in total. The van der Waals surface area contributed by atoms with Crippen molar-refractivity contribution in [2.24, 2.45) is 0 Å². The van der Waals surface area contributed by atoms with Crippen molar-refractivity contribution in [1.82, 2.24) is 4.98 Å². The van der Waals surface area contributed by atoms with Crippen LogP contribution in [0.1, 0.15) is 17.4 Å². The summed E-state index contributed by atoms with van der Waals surface area (Å²) in [6.45, 7) is 2.03. The van der Waals surface area contributed by atoms with Crippen molar-refractivity contribution in [3.8, 4) is 16.7 Å². The SMILES string of the molecule is CCOc1oc(-c2sccc2Cl)nc1C(=O)O. The number of ether oxygens (including phenoxy) is 1. The van der Waals surface area contributed by atoms with Gasteiger partial charge in [0.1, 0.15) is 4.88 Å². The molecule has 0 aromatic carbocycles. The van der Waals surface area contributed by atoms with Gasteiger partial charge in [-0.15, -0.1) is 11.3 Å². The number of carboxylic acids is 1. The van der Waals surface area contributed by atoms with Gasteiger partial charge in [0.05, 0.1) is 11.6 Å². The number of hydrogen-bond donors (Lipinski definition) is 1. The lowest BCUT2D eigenvalue weighted by Gasteiger charge is -1.96. The van der Waals surface area contributed by atoms with E-state index in [4.69, 9.17) is 25.9 Å². The Morgan fingerprint density at radius 3 is 3.00 bits per heavy atom. The molecule has 0 amide bonds. The van der Waals surface area contributed by atoms with E-state index in [1.807, 2.05) is 0 Å². The predicted octanol–water partition coefficient (Wildman–Crippen LogP) is 3.15. The van der Waals surface area contributed by atoms with Crippen LogP contribution in [0.4, 0.5) is 0 Å². The average Bonchev–Trinajstić information content (AvgIpc) is 2.84. The molecule has 17 heavy (non-hydrogen) atoms. The quantitative estimate of drug-likeness (QED) is 0.926. The summed E-state index contributed by atoms with van der Waals surface area (Å²) in [6.07, 6.45) is 0. The van der Waals surface area contributed by atoms with Crippen molar-refractivity contribution in [2.75, 3.05) is 6.61 Å². The highest BCUT2D eigenvalue weighted by molar-refractivity contribution is 7.14. The van der Waals surface area contributed by atoms with E-state index in [1.54, 1.807) is 18.4 Å². The van der Waals surface area contributed by atoms with Gasteiger partial charge in [0, 0.05) is 0 Å². The number of rotatable bonds is 4. The number of oxazole rings is 1. The zero-order valence-corrected chi connectivity index (χ0v) is 10.3. The van der Waals surface area contributed by atoms with Crippen LogP contribution in [0.3, 0.4) is 0 Å². The van der Waals surface area contributed by atoms with Gasteiger partial charge < -0.3 is 14.3 Å². The maximum Gasteiger partial charge on any atom is 0.362 e. The predicted molar refractivity (Wildman–Crippen MR) is 63.0 cm³/mol. The normalized spacial score (nSPS) is 10.5. The third-order valence-corrected chi connectivity index (χ3v) is 3.21. The summed E-state index contributed by atoms with van der Waals surface area (Å²) in [5, 5.41) is 11.2. The summed E-state index contributed by atoms with van der Waals surface area (Å²) in [6, 6.07) is 1.69. The Hall–Kier alpha value is -1.53. The lowest BCUT2D eigenvalue weighted by Crippen LogP contribution is -2.01. The van der Waals surface area contributed by atoms with Gasteiger partial charge in [-0.2, -0.15) is 4.98 Å². The molecule has 0 aliphatic rings. The monoisotopic (exact) mass is 273 g/mol. The molecule has 0 aliphatic heterocycles. The number of aromatic nitrogens is 1. The van der Waals surface area contributed by atoms with Crippen molar-refractivity contribution in [3.05, 3.63) is 22.2 Å². The third kappa shape index (κ3) is 2.27. The molecule has 0 radical (unpaired) electrons. The van der Waals surface area contributed by atoms with Crippen LogP contribution in [-0.4, -0.2) is 22.7 Å². The molecule has 0 saturated carbocycles. The number of carbonyl (C=O) groups is 1. The van der Waals surface area contributed by atoms with Crippen molar-refractivity contribution in [2.45, 2.75) is 6.92 Å². The number of aromatic carboxylic acids is 1. The molecule has 0 bridgehead atoms. The molecule has 0 spiro atoms. The Morgan fingerprint density at radius 1 is 1.71 bits per heavy atom. The van der Waals surface area contributed by atoms with Crippen LogP contribution in [0.25, 0.3) is 10.8 Å². The van der Waals surface area contributed by atoms with Gasteiger partial charge in [-0.3, -0.25) is 0 Å². The number of nitrogens with zero attached hydrogens (tertiary/aromatic N) is 1. The highest BCUT2D eigenvalue weighted by Gasteiger charge is 2.23. The fourth-order valence-electron chi connectivity index (χ4n) is 1.21.